The molecule has 1 atom stereocenters. The van der Waals surface area contributed by atoms with Gasteiger partial charge in [-0.3, -0.25) is 9.78 Å². The number of rotatable bonds is 17. The first-order valence-corrected chi connectivity index (χ1v) is 15.2. The number of hydrogen-bond acceptors (Lipinski definition) is 3. The summed E-state index contributed by atoms with van der Waals surface area (Å²) in [6, 6.07) is 6.75. The van der Waals surface area contributed by atoms with Crippen LogP contribution in [0.2, 0.25) is 0 Å². The van der Waals surface area contributed by atoms with Gasteiger partial charge in [0.1, 0.15) is 11.5 Å². The highest BCUT2D eigenvalue weighted by molar-refractivity contribution is 5.84. The molecule has 1 aliphatic rings. The van der Waals surface area contributed by atoms with Crippen LogP contribution in [0.1, 0.15) is 128 Å². The Morgan fingerprint density at radius 2 is 1.78 bits per heavy atom. The molecular formula is C33H51NO2. The van der Waals surface area contributed by atoms with Gasteiger partial charge in [0.15, 0.2) is 0 Å². The Labute approximate surface area is 220 Å². The van der Waals surface area contributed by atoms with Gasteiger partial charge >= 0.3 is 0 Å². The Morgan fingerprint density at radius 3 is 2.53 bits per heavy atom. The molecule has 0 amide bonds. The van der Waals surface area contributed by atoms with Crippen molar-refractivity contribution >= 4 is 16.7 Å². The van der Waals surface area contributed by atoms with Crippen molar-refractivity contribution in [1.29, 1.82) is 0 Å². The van der Waals surface area contributed by atoms with Crippen LogP contribution in [0.25, 0.3) is 10.9 Å². The van der Waals surface area contributed by atoms with Gasteiger partial charge in [-0.25, -0.2) is 0 Å². The molecule has 1 aromatic heterocycles. The van der Waals surface area contributed by atoms with Crippen LogP contribution in [0.4, 0.5) is 0 Å². The zero-order valence-corrected chi connectivity index (χ0v) is 23.5. The summed E-state index contributed by atoms with van der Waals surface area (Å²) in [4.78, 5) is 17.3. The van der Waals surface area contributed by atoms with Gasteiger partial charge in [-0.1, -0.05) is 91.0 Å². The molecule has 1 fully saturated rings. The number of fused-ring (bicyclic) bond motifs is 1. The van der Waals surface area contributed by atoms with Gasteiger partial charge in [0.05, 0.1) is 18.3 Å². The first-order chi connectivity index (χ1) is 17.6. The van der Waals surface area contributed by atoms with Gasteiger partial charge < -0.3 is 4.74 Å². The van der Waals surface area contributed by atoms with E-state index < -0.39 is 0 Å². The first kappa shape index (κ1) is 28.7. The molecule has 0 N–H and O–H groups in total. The van der Waals surface area contributed by atoms with E-state index in [1.165, 1.54) is 80.7 Å². The average molecular weight is 494 g/mol. The maximum Gasteiger partial charge on any atom is 0.141 e. The fourth-order valence-electron chi connectivity index (χ4n) is 6.13. The SMILES string of the molecule is CCCOc1cnc2ccc(CCC)cc2c1CCCC(CCC)CCCC(=O)CC1CCCCC1. The Balaban J connectivity index is 1.57. The number of Topliss-reactive ketones (excluding diaryl/α,β-unsaturated/α-hetero) is 1. The molecule has 1 saturated carbocycles. The fraction of sp³-hybridized carbons (Fsp3) is 0.697. The maximum absolute atomic E-state index is 12.6. The molecule has 0 aliphatic heterocycles. The Morgan fingerprint density at radius 1 is 0.972 bits per heavy atom. The molecule has 1 unspecified atom stereocenters. The second-order valence-corrected chi connectivity index (χ2v) is 11.2. The number of aryl methyl sites for hydroxylation is 2. The number of aromatic nitrogens is 1. The molecule has 3 heteroatoms. The van der Waals surface area contributed by atoms with Crippen LogP contribution in [0.5, 0.6) is 5.75 Å². The van der Waals surface area contributed by atoms with Gasteiger partial charge in [-0.2, -0.15) is 0 Å². The number of carbonyl (C=O) groups is 1. The highest BCUT2D eigenvalue weighted by Gasteiger charge is 2.18. The third-order valence-electron chi connectivity index (χ3n) is 8.05. The summed E-state index contributed by atoms with van der Waals surface area (Å²) in [5.41, 5.74) is 3.81. The number of carbonyl (C=O) groups excluding carboxylic acids is 1. The van der Waals surface area contributed by atoms with Gasteiger partial charge in [-0.15, -0.1) is 0 Å². The molecule has 1 aromatic carbocycles. The molecule has 36 heavy (non-hydrogen) atoms. The van der Waals surface area contributed by atoms with E-state index in [1.807, 2.05) is 6.20 Å². The van der Waals surface area contributed by atoms with Crippen molar-refractivity contribution < 1.29 is 9.53 Å². The standard InChI is InChI=1S/C33H51NO2/c1-4-12-26(16-10-18-29(35)23-28-14-8-7-9-15-28)17-11-19-30-31-24-27(13-5-2)20-21-32(31)34-25-33(30)36-22-6-3/h20-21,24-26,28H,4-19,22-23H2,1-3H3. The lowest BCUT2D eigenvalue weighted by Gasteiger charge is -2.21. The quantitative estimate of drug-likeness (QED) is 0.220. The van der Waals surface area contributed by atoms with Crippen molar-refractivity contribution in [3.8, 4) is 5.75 Å². The van der Waals surface area contributed by atoms with E-state index in [9.17, 15) is 4.79 Å². The van der Waals surface area contributed by atoms with Crippen molar-refractivity contribution in [2.75, 3.05) is 6.61 Å². The van der Waals surface area contributed by atoms with E-state index in [4.69, 9.17) is 9.72 Å². The van der Waals surface area contributed by atoms with Crippen LogP contribution in [0, 0.1) is 11.8 Å². The number of benzene rings is 1. The van der Waals surface area contributed by atoms with Gasteiger partial charge in [0.2, 0.25) is 0 Å². The third-order valence-corrected chi connectivity index (χ3v) is 8.05. The second-order valence-electron chi connectivity index (χ2n) is 11.2. The van der Waals surface area contributed by atoms with Gasteiger partial charge in [0.25, 0.3) is 0 Å². The number of ether oxygens (including phenoxy) is 1. The predicted octanol–water partition coefficient (Wildman–Crippen LogP) is 9.42. The second kappa shape index (κ2) is 16.0. The Hall–Kier alpha value is -1.90. The lowest BCUT2D eigenvalue weighted by Crippen LogP contribution is -2.12. The number of nitrogens with zero attached hydrogens (tertiary/aromatic N) is 1. The van der Waals surface area contributed by atoms with E-state index in [0.29, 0.717) is 11.7 Å². The smallest absolute Gasteiger partial charge is 0.141 e. The number of pyridine rings is 1. The van der Waals surface area contributed by atoms with E-state index in [1.54, 1.807) is 0 Å². The monoisotopic (exact) mass is 493 g/mol. The van der Waals surface area contributed by atoms with Crippen molar-refractivity contribution in [3.05, 3.63) is 35.5 Å². The van der Waals surface area contributed by atoms with Crippen molar-refractivity contribution in [3.63, 3.8) is 0 Å². The van der Waals surface area contributed by atoms with Crippen molar-refractivity contribution in [1.82, 2.24) is 4.98 Å². The summed E-state index contributed by atoms with van der Waals surface area (Å²) >= 11 is 0. The van der Waals surface area contributed by atoms with E-state index >= 15 is 0 Å². The Kier molecular flexibility index (Phi) is 12.8. The third kappa shape index (κ3) is 9.20. The van der Waals surface area contributed by atoms with Crippen LogP contribution in [-0.4, -0.2) is 17.4 Å². The van der Waals surface area contributed by atoms with Crippen molar-refractivity contribution in [2.24, 2.45) is 11.8 Å². The minimum absolute atomic E-state index is 0.515. The zero-order valence-electron chi connectivity index (χ0n) is 23.5. The topological polar surface area (TPSA) is 39.2 Å². The summed E-state index contributed by atoms with van der Waals surface area (Å²) in [6.45, 7) is 7.43. The minimum Gasteiger partial charge on any atom is -0.492 e. The summed E-state index contributed by atoms with van der Waals surface area (Å²) < 4.78 is 6.15. The molecule has 0 radical (unpaired) electrons. The van der Waals surface area contributed by atoms with Gasteiger partial charge in [0, 0.05) is 23.8 Å². The molecule has 3 rings (SSSR count). The maximum atomic E-state index is 12.6. The molecule has 0 spiro atoms. The van der Waals surface area contributed by atoms with E-state index in [2.05, 4.69) is 39.0 Å². The van der Waals surface area contributed by atoms with Crippen LogP contribution in [0.3, 0.4) is 0 Å². The molecular weight excluding hydrogens is 442 g/mol. The lowest BCUT2D eigenvalue weighted by atomic mass is 9.84. The fourth-order valence-corrected chi connectivity index (χ4v) is 6.13. The number of hydrogen-bond donors (Lipinski definition) is 0. The first-order valence-electron chi connectivity index (χ1n) is 15.2. The predicted molar refractivity (Wildman–Crippen MR) is 153 cm³/mol. The minimum atomic E-state index is 0.515. The zero-order chi connectivity index (χ0) is 25.6. The highest BCUT2D eigenvalue weighted by atomic mass is 16.5. The number of ketones is 1. The molecule has 3 nitrogen and oxygen atoms in total. The highest BCUT2D eigenvalue weighted by Crippen LogP contribution is 2.31. The summed E-state index contributed by atoms with van der Waals surface area (Å²) in [5, 5.41) is 1.27. The largest absolute Gasteiger partial charge is 0.492 e. The molecule has 200 valence electrons. The van der Waals surface area contributed by atoms with E-state index in [-0.39, 0.29) is 0 Å². The van der Waals surface area contributed by atoms with Crippen LogP contribution in [-0.2, 0) is 17.6 Å². The summed E-state index contributed by atoms with van der Waals surface area (Å²) in [6.07, 6.45) is 21.6. The molecule has 0 saturated heterocycles. The van der Waals surface area contributed by atoms with Crippen molar-refractivity contribution in [2.45, 2.75) is 130 Å². The average Bonchev–Trinajstić information content (AvgIpc) is 2.88. The summed E-state index contributed by atoms with van der Waals surface area (Å²) in [5.74, 6) is 2.88. The van der Waals surface area contributed by atoms with Crippen LogP contribution in [0.15, 0.2) is 24.4 Å². The van der Waals surface area contributed by atoms with Crippen LogP contribution >= 0.6 is 0 Å². The molecule has 0 bridgehead atoms. The lowest BCUT2D eigenvalue weighted by molar-refractivity contribution is -0.120. The molecule has 2 aromatic rings. The van der Waals surface area contributed by atoms with Crippen LogP contribution < -0.4 is 4.74 Å². The van der Waals surface area contributed by atoms with Gasteiger partial charge in [-0.05, 0) is 61.6 Å². The molecule has 1 heterocycles. The normalized spacial score (nSPS) is 15.3. The summed E-state index contributed by atoms with van der Waals surface area (Å²) in [7, 11) is 0. The molecule has 1 aliphatic carbocycles. The van der Waals surface area contributed by atoms with E-state index in [0.717, 1.165) is 68.7 Å². The Bertz CT molecular complexity index is 915.